The number of aldehydes is 1. The van der Waals surface area contributed by atoms with Gasteiger partial charge in [-0.25, -0.2) is 0 Å². The summed E-state index contributed by atoms with van der Waals surface area (Å²) in [5.41, 5.74) is 0.275. The molecule has 0 aliphatic rings. The molecule has 0 amide bonds. The van der Waals surface area contributed by atoms with E-state index in [1.165, 1.54) is 6.07 Å². The van der Waals surface area contributed by atoms with E-state index in [-0.39, 0.29) is 11.3 Å². The Morgan fingerprint density at radius 2 is 2.44 bits per heavy atom. The third kappa shape index (κ3) is 1.08. The summed E-state index contributed by atoms with van der Waals surface area (Å²) < 4.78 is 0. The average molecular weight is 121 g/mol. The van der Waals surface area contributed by atoms with Crippen LogP contribution in [0.5, 0.6) is 5.75 Å². The smallest absolute Gasteiger partial charge is 0.153 e. The molecule has 0 bridgehead atoms. The van der Waals surface area contributed by atoms with Crippen LogP contribution in [0.2, 0.25) is 0 Å². The van der Waals surface area contributed by atoms with Crippen LogP contribution in [0.4, 0.5) is 0 Å². The fraction of sp³-hybridized carbons (Fsp3) is 0. The van der Waals surface area contributed by atoms with Crippen LogP contribution in [0.15, 0.2) is 18.2 Å². The number of aromatic hydroxyl groups is 1. The molecular formula is C7H5O2. The van der Waals surface area contributed by atoms with Crippen molar-refractivity contribution < 1.29 is 9.90 Å². The van der Waals surface area contributed by atoms with Gasteiger partial charge in [0.15, 0.2) is 6.29 Å². The molecule has 45 valence electrons. The molecule has 1 rings (SSSR count). The molecule has 0 unspecified atom stereocenters. The Kier molecular flexibility index (Phi) is 1.49. The Bertz CT molecular complexity index is 218. The van der Waals surface area contributed by atoms with Crippen molar-refractivity contribution in [2.24, 2.45) is 0 Å². The number of carbonyl (C=O) groups excluding carboxylic acids is 1. The van der Waals surface area contributed by atoms with E-state index in [1.807, 2.05) is 0 Å². The maximum Gasteiger partial charge on any atom is 0.153 e. The molecule has 1 radical (unpaired) electrons. The first kappa shape index (κ1) is 5.82. The molecule has 0 atom stereocenters. The summed E-state index contributed by atoms with van der Waals surface area (Å²) in [6.07, 6.45) is 0.589. The Morgan fingerprint density at radius 3 is 2.89 bits per heavy atom. The predicted octanol–water partition coefficient (Wildman–Crippen LogP) is 1.00. The van der Waals surface area contributed by atoms with Crippen molar-refractivity contribution in [3.8, 4) is 5.75 Å². The SMILES string of the molecule is O=Cc1ccc[c]c1O. The van der Waals surface area contributed by atoms with Gasteiger partial charge in [-0.3, -0.25) is 4.79 Å². The molecule has 0 aliphatic heterocycles. The molecule has 0 saturated carbocycles. The van der Waals surface area contributed by atoms with E-state index in [0.717, 1.165) is 0 Å². The topological polar surface area (TPSA) is 37.3 Å². The normalized spacial score (nSPS) is 8.89. The van der Waals surface area contributed by atoms with Crippen LogP contribution in [0.25, 0.3) is 0 Å². The molecule has 0 spiro atoms. The van der Waals surface area contributed by atoms with Gasteiger partial charge in [0.1, 0.15) is 5.75 Å². The summed E-state index contributed by atoms with van der Waals surface area (Å²) in [6, 6.07) is 7.19. The number of rotatable bonds is 1. The van der Waals surface area contributed by atoms with E-state index in [4.69, 9.17) is 5.11 Å². The number of phenolic OH excluding ortho intramolecular Hbond substituents is 1. The van der Waals surface area contributed by atoms with Crippen molar-refractivity contribution in [3.05, 3.63) is 29.8 Å². The maximum atomic E-state index is 10.0. The number of carbonyl (C=O) groups is 1. The molecule has 0 heterocycles. The second-order valence-corrected chi connectivity index (χ2v) is 1.59. The van der Waals surface area contributed by atoms with Crippen LogP contribution in [0.1, 0.15) is 10.4 Å². The lowest BCUT2D eigenvalue weighted by molar-refractivity contribution is 0.112. The molecule has 9 heavy (non-hydrogen) atoms. The highest BCUT2D eigenvalue weighted by Gasteiger charge is 1.93. The fourth-order valence-corrected chi connectivity index (χ4v) is 0.536. The summed E-state index contributed by atoms with van der Waals surface area (Å²) in [4.78, 5) is 10.0. The molecule has 1 aromatic carbocycles. The summed E-state index contributed by atoms with van der Waals surface area (Å²) in [5.74, 6) is -0.0903. The highest BCUT2D eigenvalue weighted by atomic mass is 16.3. The van der Waals surface area contributed by atoms with E-state index in [2.05, 4.69) is 6.07 Å². The standard InChI is InChI=1S/C7H5O2/c8-5-6-3-1-2-4-7(6)9/h1-3,5,9H. The van der Waals surface area contributed by atoms with Gasteiger partial charge in [0.2, 0.25) is 0 Å². The van der Waals surface area contributed by atoms with Gasteiger partial charge in [0.25, 0.3) is 0 Å². The monoisotopic (exact) mass is 121 g/mol. The van der Waals surface area contributed by atoms with Crippen LogP contribution in [-0.4, -0.2) is 11.4 Å². The lowest BCUT2D eigenvalue weighted by Crippen LogP contribution is -1.77. The quantitative estimate of drug-likeness (QED) is 0.563. The Labute approximate surface area is 52.8 Å². The molecule has 0 fully saturated rings. The van der Waals surface area contributed by atoms with Crippen LogP contribution < -0.4 is 0 Å². The van der Waals surface area contributed by atoms with Crippen molar-refractivity contribution in [1.29, 1.82) is 0 Å². The molecule has 0 saturated heterocycles. The molecule has 2 heteroatoms. The van der Waals surface area contributed by atoms with Gasteiger partial charge in [0.05, 0.1) is 5.56 Å². The van der Waals surface area contributed by atoms with Crippen molar-refractivity contribution in [2.75, 3.05) is 0 Å². The largest absolute Gasteiger partial charge is 0.507 e. The zero-order valence-electron chi connectivity index (χ0n) is 4.66. The van der Waals surface area contributed by atoms with Gasteiger partial charge in [-0.15, -0.1) is 0 Å². The van der Waals surface area contributed by atoms with Crippen LogP contribution in [0.3, 0.4) is 0 Å². The van der Waals surface area contributed by atoms with Gasteiger partial charge in [-0.1, -0.05) is 12.1 Å². The van der Waals surface area contributed by atoms with E-state index >= 15 is 0 Å². The lowest BCUT2D eigenvalue weighted by Gasteiger charge is -1.90. The zero-order valence-corrected chi connectivity index (χ0v) is 4.66. The second-order valence-electron chi connectivity index (χ2n) is 1.59. The number of hydrogen-bond donors (Lipinski definition) is 1. The summed E-state index contributed by atoms with van der Waals surface area (Å²) in [7, 11) is 0. The van der Waals surface area contributed by atoms with Gasteiger partial charge in [0, 0.05) is 6.07 Å². The fourth-order valence-electron chi connectivity index (χ4n) is 0.536. The summed E-state index contributed by atoms with van der Waals surface area (Å²) in [5, 5.41) is 8.82. The van der Waals surface area contributed by atoms with E-state index in [9.17, 15) is 4.79 Å². The first-order valence-corrected chi connectivity index (χ1v) is 2.49. The number of benzene rings is 1. The number of hydrogen-bond acceptors (Lipinski definition) is 2. The lowest BCUT2D eigenvalue weighted by atomic mass is 10.2. The zero-order chi connectivity index (χ0) is 6.69. The van der Waals surface area contributed by atoms with Gasteiger partial charge in [-0.2, -0.15) is 0 Å². The maximum absolute atomic E-state index is 10.0. The van der Waals surface area contributed by atoms with Crippen molar-refractivity contribution in [1.82, 2.24) is 0 Å². The highest BCUT2D eigenvalue weighted by molar-refractivity contribution is 5.78. The van der Waals surface area contributed by atoms with Gasteiger partial charge in [-0.05, 0) is 6.07 Å². The Hall–Kier alpha value is -1.31. The molecule has 0 aliphatic carbocycles. The van der Waals surface area contributed by atoms with E-state index in [1.54, 1.807) is 12.1 Å². The third-order valence-corrected chi connectivity index (χ3v) is 0.992. The van der Waals surface area contributed by atoms with Crippen LogP contribution in [-0.2, 0) is 0 Å². The molecule has 1 aromatic rings. The van der Waals surface area contributed by atoms with Crippen LogP contribution >= 0.6 is 0 Å². The molecule has 2 nitrogen and oxygen atoms in total. The van der Waals surface area contributed by atoms with Crippen molar-refractivity contribution in [2.45, 2.75) is 0 Å². The molecule has 1 N–H and O–H groups in total. The number of para-hydroxylation sites is 1. The minimum atomic E-state index is -0.0903. The van der Waals surface area contributed by atoms with Gasteiger partial charge < -0.3 is 5.11 Å². The van der Waals surface area contributed by atoms with Crippen molar-refractivity contribution in [3.63, 3.8) is 0 Å². The van der Waals surface area contributed by atoms with Crippen molar-refractivity contribution >= 4 is 6.29 Å². The predicted molar refractivity (Wildman–Crippen MR) is 32.3 cm³/mol. The summed E-state index contributed by atoms with van der Waals surface area (Å²) >= 11 is 0. The first-order valence-electron chi connectivity index (χ1n) is 2.49. The third-order valence-electron chi connectivity index (χ3n) is 0.992. The summed E-state index contributed by atoms with van der Waals surface area (Å²) in [6.45, 7) is 0. The average Bonchev–Trinajstić information content (AvgIpc) is 1.89. The Balaban J connectivity index is 3.15. The second kappa shape index (κ2) is 2.31. The van der Waals surface area contributed by atoms with E-state index < -0.39 is 0 Å². The highest BCUT2D eigenvalue weighted by Crippen LogP contribution is 2.10. The Morgan fingerprint density at radius 1 is 1.67 bits per heavy atom. The molecule has 0 aromatic heterocycles. The molecular weight excluding hydrogens is 116 g/mol. The minimum absolute atomic E-state index is 0.0903. The van der Waals surface area contributed by atoms with Gasteiger partial charge >= 0.3 is 0 Å². The number of phenols is 1. The van der Waals surface area contributed by atoms with Crippen LogP contribution in [0, 0.1) is 6.07 Å². The minimum Gasteiger partial charge on any atom is -0.507 e. The van der Waals surface area contributed by atoms with E-state index in [0.29, 0.717) is 6.29 Å². The first-order chi connectivity index (χ1) is 4.34.